The Bertz CT molecular complexity index is 991. The van der Waals surface area contributed by atoms with Crippen molar-refractivity contribution in [2.75, 3.05) is 11.4 Å². The number of rotatable bonds is 7. The lowest BCUT2D eigenvalue weighted by atomic mass is 10.2. The third kappa shape index (κ3) is 4.20. The van der Waals surface area contributed by atoms with Crippen LogP contribution in [0.5, 0.6) is 0 Å². The summed E-state index contributed by atoms with van der Waals surface area (Å²) in [7, 11) is 0. The second-order valence-corrected chi connectivity index (χ2v) is 8.15. The minimum atomic E-state index is -0.326. The quantitative estimate of drug-likeness (QED) is 0.528. The standard InChI is InChI=1S/C22H24N4OS/c1-16(2)26-20-13-8-7-12-19(20)24-22(26)28-17(3)21(27)25(15-9-14-23)18-10-5-4-6-11-18/h4-8,10-13,16-17H,9,15H2,1-3H3/t17-/m0/s1. The van der Waals surface area contributed by atoms with E-state index in [1.807, 2.05) is 55.5 Å². The summed E-state index contributed by atoms with van der Waals surface area (Å²) in [6.07, 6.45) is 0.294. The van der Waals surface area contributed by atoms with E-state index in [0.717, 1.165) is 21.9 Å². The number of anilines is 1. The molecule has 3 rings (SSSR count). The van der Waals surface area contributed by atoms with Gasteiger partial charge in [-0.1, -0.05) is 42.1 Å². The molecule has 1 atom stereocenters. The zero-order chi connectivity index (χ0) is 20.1. The molecule has 144 valence electrons. The normalized spacial score (nSPS) is 12.1. The molecule has 1 amide bonds. The van der Waals surface area contributed by atoms with Gasteiger partial charge in [0, 0.05) is 18.3 Å². The van der Waals surface area contributed by atoms with Crippen LogP contribution in [0.3, 0.4) is 0 Å². The molecule has 0 N–H and O–H groups in total. The maximum absolute atomic E-state index is 13.2. The first-order chi connectivity index (χ1) is 13.5. The van der Waals surface area contributed by atoms with Gasteiger partial charge in [0.05, 0.1) is 28.8 Å². The van der Waals surface area contributed by atoms with Crippen LogP contribution in [0.4, 0.5) is 5.69 Å². The van der Waals surface area contributed by atoms with Gasteiger partial charge in [0.1, 0.15) is 0 Å². The maximum atomic E-state index is 13.2. The number of nitrogens with zero attached hydrogens (tertiary/aromatic N) is 4. The Balaban J connectivity index is 1.88. The molecule has 0 saturated heterocycles. The molecular weight excluding hydrogens is 368 g/mol. The number of carbonyl (C=O) groups excluding carboxylic acids is 1. The van der Waals surface area contributed by atoms with Crippen LogP contribution in [0.1, 0.15) is 33.2 Å². The summed E-state index contributed by atoms with van der Waals surface area (Å²) in [4.78, 5) is 19.7. The molecule has 5 nitrogen and oxygen atoms in total. The highest BCUT2D eigenvalue weighted by Gasteiger charge is 2.25. The topological polar surface area (TPSA) is 61.9 Å². The third-order valence-corrected chi connectivity index (χ3v) is 5.54. The first-order valence-electron chi connectivity index (χ1n) is 9.40. The third-order valence-electron chi connectivity index (χ3n) is 4.49. The van der Waals surface area contributed by atoms with Crippen LogP contribution in [0.25, 0.3) is 11.0 Å². The van der Waals surface area contributed by atoms with Gasteiger partial charge in [-0.05, 0) is 45.0 Å². The summed E-state index contributed by atoms with van der Waals surface area (Å²) in [6, 6.07) is 19.9. The fourth-order valence-electron chi connectivity index (χ4n) is 3.17. The van der Waals surface area contributed by atoms with Crippen molar-refractivity contribution in [1.82, 2.24) is 9.55 Å². The molecule has 3 aromatic rings. The van der Waals surface area contributed by atoms with Crippen molar-refractivity contribution in [3.63, 3.8) is 0 Å². The lowest BCUT2D eigenvalue weighted by Gasteiger charge is -2.25. The lowest BCUT2D eigenvalue weighted by Crippen LogP contribution is -2.37. The summed E-state index contributed by atoms with van der Waals surface area (Å²) in [5.41, 5.74) is 2.82. The molecule has 0 bridgehead atoms. The highest BCUT2D eigenvalue weighted by Crippen LogP contribution is 2.31. The zero-order valence-electron chi connectivity index (χ0n) is 16.4. The molecule has 1 heterocycles. The second kappa shape index (κ2) is 8.94. The fraction of sp³-hybridized carbons (Fsp3) is 0.318. The van der Waals surface area contributed by atoms with Crippen molar-refractivity contribution in [2.24, 2.45) is 0 Å². The number of aromatic nitrogens is 2. The molecule has 0 saturated carbocycles. The first kappa shape index (κ1) is 20.0. The summed E-state index contributed by atoms with van der Waals surface area (Å²) in [6.45, 7) is 6.52. The summed E-state index contributed by atoms with van der Waals surface area (Å²) in [5.74, 6) is -0.0196. The van der Waals surface area contributed by atoms with Crippen molar-refractivity contribution < 1.29 is 4.79 Å². The SMILES string of the molecule is CC(C)n1c(S[C@@H](C)C(=O)N(CCC#N)c2ccccc2)nc2ccccc21. The van der Waals surface area contributed by atoms with E-state index >= 15 is 0 Å². The smallest absolute Gasteiger partial charge is 0.240 e. The van der Waals surface area contributed by atoms with Gasteiger partial charge in [0.25, 0.3) is 0 Å². The van der Waals surface area contributed by atoms with E-state index in [-0.39, 0.29) is 17.2 Å². The van der Waals surface area contributed by atoms with Crippen molar-refractivity contribution in [2.45, 2.75) is 43.6 Å². The average molecular weight is 393 g/mol. The van der Waals surface area contributed by atoms with Crippen LogP contribution in [-0.4, -0.2) is 27.3 Å². The highest BCUT2D eigenvalue weighted by molar-refractivity contribution is 8.00. The van der Waals surface area contributed by atoms with Crippen LogP contribution in [-0.2, 0) is 4.79 Å². The van der Waals surface area contributed by atoms with E-state index in [4.69, 9.17) is 10.2 Å². The van der Waals surface area contributed by atoms with Crippen molar-refractivity contribution in [3.05, 3.63) is 54.6 Å². The number of nitriles is 1. The molecule has 0 spiro atoms. The van der Waals surface area contributed by atoms with Crippen LogP contribution in [0.2, 0.25) is 0 Å². The molecule has 1 aromatic heterocycles. The number of carbonyl (C=O) groups is 1. The molecule has 0 aliphatic rings. The van der Waals surface area contributed by atoms with E-state index in [0.29, 0.717) is 13.0 Å². The molecule has 0 radical (unpaired) electrons. The number of para-hydroxylation sites is 3. The van der Waals surface area contributed by atoms with Crippen molar-refractivity contribution >= 4 is 34.4 Å². The number of fused-ring (bicyclic) bond motifs is 1. The van der Waals surface area contributed by atoms with Crippen LogP contribution in [0.15, 0.2) is 59.8 Å². The summed E-state index contributed by atoms with van der Waals surface area (Å²) < 4.78 is 2.17. The number of hydrogen-bond donors (Lipinski definition) is 0. The van der Waals surface area contributed by atoms with Crippen LogP contribution < -0.4 is 4.90 Å². The van der Waals surface area contributed by atoms with Crippen molar-refractivity contribution in [1.29, 1.82) is 5.26 Å². The first-order valence-corrected chi connectivity index (χ1v) is 10.3. The molecule has 0 aliphatic heterocycles. The lowest BCUT2D eigenvalue weighted by molar-refractivity contribution is -0.117. The summed E-state index contributed by atoms with van der Waals surface area (Å²) >= 11 is 1.47. The van der Waals surface area contributed by atoms with Crippen molar-refractivity contribution in [3.8, 4) is 6.07 Å². The molecule has 28 heavy (non-hydrogen) atoms. The van der Waals surface area contributed by atoms with Gasteiger partial charge in [0.2, 0.25) is 5.91 Å². The predicted molar refractivity (Wildman–Crippen MR) is 114 cm³/mol. The molecule has 0 fully saturated rings. The van der Waals surface area contributed by atoms with E-state index in [2.05, 4.69) is 30.6 Å². The van der Waals surface area contributed by atoms with Gasteiger partial charge in [-0.25, -0.2) is 4.98 Å². The van der Waals surface area contributed by atoms with Gasteiger partial charge in [-0.3, -0.25) is 4.79 Å². The van der Waals surface area contributed by atoms with E-state index in [1.165, 1.54) is 11.8 Å². The Morgan fingerprint density at radius 3 is 2.50 bits per heavy atom. The monoisotopic (exact) mass is 392 g/mol. The largest absolute Gasteiger partial charge is 0.316 e. The summed E-state index contributed by atoms with van der Waals surface area (Å²) in [5, 5.41) is 9.50. The molecular formula is C22H24N4OS. The Kier molecular flexibility index (Phi) is 6.37. The number of thioether (sulfide) groups is 1. The van der Waals surface area contributed by atoms with E-state index < -0.39 is 0 Å². The average Bonchev–Trinajstić information content (AvgIpc) is 3.06. The van der Waals surface area contributed by atoms with Crippen LogP contribution >= 0.6 is 11.8 Å². The van der Waals surface area contributed by atoms with Gasteiger partial charge >= 0.3 is 0 Å². The molecule has 0 aliphatic carbocycles. The van der Waals surface area contributed by atoms with Gasteiger partial charge in [-0.2, -0.15) is 5.26 Å². The number of imidazole rings is 1. The Hall–Kier alpha value is -2.78. The van der Waals surface area contributed by atoms with Gasteiger partial charge in [0.15, 0.2) is 5.16 Å². The maximum Gasteiger partial charge on any atom is 0.240 e. The Morgan fingerprint density at radius 1 is 1.14 bits per heavy atom. The number of benzene rings is 2. The second-order valence-electron chi connectivity index (χ2n) is 6.84. The minimum absolute atomic E-state index is 0.0196. The fourth-order valence-corrected chi connectivity index (χ4v) is 4.29. The minimum Gasteiger partial charge on any atom is -0.316 e. The number of amides is 1. The Morgan fingerprint density at radius 2 is 1.82 bits per heavy atom. The van der Waals surface area contributed by atoms with Gasteiger partial charge in [-0.15, -0.1) is 0 Å². The molecule has 6 heteroatoms. The highest BCUT2D eigenvalue weighted by atomic mass is 32.2. The Labute approximate surface area is 170 Å². The molecule has 2 aromatic carbocycles. The van der Waals surface area contributed by atoms with E-state index in [9.17, 15) is 4.79 Å². The van der Waals surface area contributed by atoms with Crippen LogP contribution in [0, 0.1) is 11.3 Å². The predicted octanol–water partition coefficient (Wildman–Crippen LogP) is 5.04. The van der Waals surface area contributed by atoms with Gasteiger partial charge < -0.3 is 9.47 Å². The zero-order valence-corrected chi connectivity index (χ0v) is 17.2. The molecule has 0 unspecified atom stereocenters. The van der Waals surface area contributed by atoms with E-state index in [1.54, 1.807) is 4.90 Å². The number of hydrogen-bond acceptors (Lipinski definition) is 4.